The first-order valence-electron chi connectivity index (χ1n) is 7.37. The molecule has 120 valence electrons. The molecule has 0 bridgehead atoms. The van der Waals surface area contributed by atoms with Crippen LogP contribution >= 0.6 is 0 Å². The van der Waals surface area contributed by atoms with E-state index in [9.17, 15) is 14.0 Å². The van der Waals surface area contributed by atoms with Gasteiger partial charge in [0.25, 0.3) is 0 Å². The molecule has 23 heavy (non-hydrogen) atoms. The van der Waals surface area contributed by atoms with Crippen LogP contribution in [-0.2, 0) is 16.1 Å². The van der Waals surface area contributed by atoms with E-state index in [0.29, 0.717) is 5.76 Å². The molecule has 0 radical (unpaired) electrons. The van der Waals surface area contributed by atoms with E-state index in [4.69, 9.17) is 4.42 Å². The summed E-state index contributed by atoms with van der Waals surface area (Å²) in [5, 5.41) is 2.79. The molecule has 2 atom stereocenters. The van der Waals surface area contributed by atoms with Gasteiger partial charge in [0.15, 0.2) is 0 Å². The highest BCUT2D eigenvalue weighted by Crippen LogP contribution is 2.37. The minimum Gasteiger partial charge on any atom is -0.467 e. The molecule has 5 nitrogen and oxygen atoms in total. The number of likely N-dealkylation sites (tertiary alicyclic amines) is 1. The minimum absolute atomic E-state index is 0.0996. The second-order valence-corrected chi connectivity index (χ2v) is 5.61. The van der Waals surface area contributed by atoms with Crippen molar-refractivity contribution in [3.05, 3.63) is 59.8 Å². The van der Waals surface area contributed by atoms with Crippen LogP contribution < -0.4 is 5.32 Å². The smallest absolute Gasteiger partial charge is 0.226 e. The van der Waals surface area contributed by atoms with Crippen molar-refractivity contribution < 1.29 is 18.4 Å². The van der Waals surface area contributed by atoms with Gasteiger partial charge in [0, 0.05) is 13.5 Å². The Balaban J connectivity index is 1.76. The van der Waals surface area contributed by atoms with Gasteiger partial charge in [0.2, 0.25) is 11.8 Å². The average Bonchev–Trinajstić information content (AvgIpc) is 3.15. The summed E-state index contributed by atoms with van der Waals surface area (Å²) in [6.45, 7) is 0.274. The summed E-state index contributed by atoms with van der Waals surface area (Å²) in [6.07, 6.45) is 1.68. The second kappa shape index (κ2) is 6.24. The quantitative estimate of drug-likeness (QED) is 0.941. The van der Waals surface area contributed by atoms with E-state index in [1.54, 1.807) is 36.2 Å². The highest BCUT2D eigenvalue weighted by atomic mass is 19.1. The van der Waals surface area contributed by atoms with E-state index in [1.165, 1.54) is 18.4 Å². The molecule has 1 aromatic heterocycles. The molecule has 1 saturated heterocycles. The number of nitrogens with one attached hydrogen (secondary N) is 1. The third-order valence-electron chi connectivity index (χ3n) is 4.15. The summed E-state index contributed by atoms with van der Waals surface area (Å²) < 4.78 is 18.3. The Morgan fingerprint density at radius 3 is 2.74 bits per heavy atom. The molecular weight excluding hydrogens is 299 g/mol. The number of hydrogen-bond donors (Lipinski definition) is 1. The fourth-order valence-corrected chi connectivity index (χ4v) is 2.94. The summed E-state index contributed by atoms with van der Waals surface area (Å²) in [5.74, 6) is -0.521. The lowest BCUT2D eigenvalue weighted by Gasteiger charge is -2.24. The third-order valence-corrected chi connectivity index (χ3v) is 4.15. The Morgan fingerprint density at radius 1 is 1.35 bits per heavy atom. The highest BCUT2D eigenvalue weighted by molar-refractivity contribution is 5.90. The molecular formula is C17H17FN2O3. The number of carbonyl (C=O) groups is 2. The van der Waals surface area contributed by atoms with E-state index in [2.05, 4.69) is 5.32 Å². The maximum absolute atomic E-state index is 13.1. The Bertz CT molecular complexity index is 697. The molecule has 1 aliphatic rings. The van der Waals surface area contributed by atoms with E-state index < -0.39 is 5.92 Å². The topological polar surface area (TPSA) is 62.6 Å². The van der Waals surface area contributed by atoms with Crippen molar-refractivity contribution in [3.8, 4) is 0 Å². The van der Waals surface area contributed by atoms with Crippen molar-refractivity contribution in [1.29, 1.82) is 0 Å². The molecule has 1 aliphatic heterocycles. The fraction of sp³-hybridized carbons (Fsp3) is 0.294. The summed E-state index contributed by atoms with van der Waals surface area (Å²) in [5.41, 5.74) is 0.748. The van der Waals surface area contributed by atoms with E-state index >= 15 is 0 Å². The second-order valence-electron chi connectivity index (χ2n) is 5.61. The van der Waals surface area contributed by atoms with Gasteiger partial charge in [-0.15, -0.1) is 0 Å². The molecule has 0 spiro atoms. The summed E-state index contributed by atoms with van der Waals surface area (Å²) in [6, 6.07) is 9.02. The lowest BCUT2D eigenvalue weighted by molar-refractivity contribution is -0.128. The first kappa shape index (κ1) is 15.3. The predicted octanol–water partition coefficient (Wildman–Crippen LogP) is 2.25. The average molecular weight is 316 g/mol. The minimum atomic E-state index is -0.507. The van der Waals surface area contributed by atoms with Crippen LogP contribution in [0.5, 0.6) is 0 Å². The normalized spacial score (nSPS) is 20.8. The molecule has 2 aromatic rings. The zero-order chi connectivity index (χ0) is 16.4. The van der Waals surface area contributed by atoms with Crippen LogP contribution in [0.1, 0.15) is 23.8 Å². The Morgan fingerprint density at radius 2 is 2.09 bits per heavy atom. The molecule has 1 N–H and O–H groups in total. The summed E-state index contributed by atoms with van der Waals surface area (Å²) >= 11 is 0. The van der Waals surface area contributed by atoms with Gasteiger partial charge in [0.1, 0.15) is 11.6 Å². The molecule has 0 saturated carbocycles. The first-order chi connectivity index (χ1) is 11.1. The van der Waals surface area contributed by atoms with Crippen LogP contribution in [0.2, 0.25) is 0 Å². The van der Waals surface area contributed by atoms with Crippen LogP contribution in [0.3, 0.4) is 0 Å². The molecule has 1 fully saturated rings. The number of benzene rings is 1. The van der Waals surface area contributed by atoms with Crippen LogP contribution in [0.15, 0.2) is 47.1 Å². The van der Waals surface area contributed by atoms with E-state index in [1.807, 2.05) is 0 Å². The standard InChI is InChI=1S/C17H17FN2O3/c1-20-15(21)9-14(16(20)11-4-6-12(18)7-5-11)17(22)19-10-13-3-2-8-23-13/h2-8,14,16H,9-10H2,1H3,(H,19,22)/t14-,16+/m0/s1. The molecule has 6 heteroatoms. The number of rotatable bonds is 4. The van der Waals surface area contributed by atoms with Crippen LogP contribution in [0.4, 0.5) is 4.39 Å². The van der Waals surface area contributed by atoms with Crippen molar-refractivity contribution in [2.45, 2.75) is 19.0 Å². The Labute approximate surface area is 133 Å². The number of halogens is 1. The van der Waals surface area contributed by atoms with Gasteiger partial charge >= 0.3 is 0 Å². The predicted molar refractivity (Wildman–Crippen MR) is 80.6 cm³/mol. The first-order valence-corrected chi connectivity index (χ1v) is 7.37. The summed E-state index contributed by atoms with van der Waals surface area (Å²) in [4.78, 5) is 26.0. The number of hydrogen-bond acceptors (Lipinski definition) is 3. The number of carbonyl (C=O) groups excluding carboxylic acids is 2. The SMILES string of the molecule is CN1C(=O)C[C@H](C(=O)NCc2ccco2)[C@H]1c1ccc(F)cc1. The largest absolute Gasteiger partial charge is 0.467 e. The van der Waals surface area contributed by atoms with Gasteiger partial charge in [-0.1, -0.05) is 12.1 Å². The monoisotopic (exact) mass is 316 g/mol. The summed E-state index contributed by atoms with van der Waals surface area (Å²) in [7, 11) is 1.66. The van der Waals surface area contributed by atoms with E-state index in [-0.39, 0.29) is 36.6 Å². The molecule has 2 amide bonds. The van der Waals surface area contributed by atoms with Crippen molar-refractivity contribution in [3.63, 3.8) is 0 Å². The van der Waals surface area contributed by atoms with Crippen molar-refractivity contribution in [1.82, 2.24) is 10.2 Å². The van der Waals surface area contributed by atoms with Gasteiger partial charge in [-0.25, -0.2) is 4.39 Å². The molecule has 0 aliphatic carbocycles. The number of furan rings is 1. The van der Waals surface area contributed by atoms with Crippen molar-refractivity contribution >= 4 is 11.8 Å². The highest BCUT2D eigenvalue weighted by Gasteiger charge is 2.42. The van der Waals surface area contributed by atoms with Gasteiger partial charge in [0.05, 0.1) is 24.8 Å². The third kappa shape index (κ3) is 3.11. The Hall–Kier alpha value is -2.63. The zero-order valence-electron chi connectivity index (χ0n) is 12.7. The van der Waals surface area contributed by atoms with Crippen LogP contribution in [-0.4, -0.2) is 23.8 Å². The molecule has 1 aromatic carbocycles. The van der Waals surface area contributed by atoms with Crippen LogP contribution in [0.25, 0.3) is 0 Å². The van der Waals surface area contributed by atoms with Gasteiger partial charge in [-0.05, 0) is 29.8 Å². The molecule has 2 heterocycles. The fourth-order valence-electron chi connectivity index (χ4n) is 2.94. The van der Waals surface area contributed by atoms with Gasteiger partial charge in [-0.3, -0.25) is 9.59 Å². The van der Waals surface area contributed by atoms with Gasteiger partial charge in [-0.2, -0.15) is 0 Å². The maximum Gasteiger partial charge on any atom is 0.226 e. The number of amides is 2. The maximum atomic E-state index is 13.1. The lowest BCUT2D eigenvalue weighted by Crippen LogP contribution is -2.34. The number of nitrogens with zero attached hydrogens (tertiary/aromatic N) is 1. The lowest BCUT2D eigenvalue weighted by atomic mass is 9.93. The van der Waals surface area contributed by atoms with Crippen LogP contribution in [0, 0.1) is 11.7 Å². The van der Waals surface area contributed by atoms with Gasteiger partial charge < -0.3 is 14.6 Å². The molecule has 3 rings (SSSR count). The Kier molecular flexibility index (Phi) is 4.14. The molecule has 0 unspecified atom stereocenters. The van der Waals surface area contributed by atoms with E-state index in [0.717, 1.165) is 5.56 Å². The van der Waals surface area contributed by atoms with Crippen molar-refractivity contribution in [2.75, 3.05) is 7.05 Å². The van der Waals surface area contributed by atoms with Crippen molar-refractivity contribution in [2.24, 2.45) is 5.92 Å². The zero-order valence-corrected chi connectivity index (χ0v) is 12.7.